The molecule has 2 aromatic rings. The highest BCUT2D eigenvalue weighted by atomic mass is 35.5. The minimum atomic E-state index is 0.153. The van der Waals surface area contributed by atoms with Crippen LogP contribution in [0.25, 0.3) is 0 Å². The van der Waals surface area contributed by atoms with Gasteiger partial charge in [0.05, 0.1) is 0 Å². The Labute approximate surface area is 152 Å². The zero-order chi connectivity index (χ0) is 17.4. The maximum absolute atomic E-state index is 12.9. The lowest BCUT2D eigenvalue weighted by Gasteiger charge is -2.41. The van der Waals surface area contributed by atoms with E-state index in [4.69, 9.17) is 17.3 Å². The van der Waals surface area contributed by atoms with Crippen molar-refractivity contribution in [1.82, 2.24) is 14.8 Å². The number of amides is 1. The molecule has 3 heterocycles. The summed E-state index contributed by atoms with van der Waals surface area (Å²) in [5.74, 6) is 0.642. The Morgan fingerprint density at radius 3 is 2.44 bits per heavy atom. The molecule has 6 heteroatoms. The van der Waals surface area contributed by atoms with Crippen LogP contribution in [0.3, 0.4) is 0 Å². The first kappa shape index (κ1) is 16.4. The van der Waals surface area contributed by atoms with Crippen molar-refractivity contribution >= 4 is 23.3 Å². The zero-order valence-electron chi connectivity index (χ0n) is 13.9. The fourth-order valence-electron chi connectivity index (χ4n) is 4.03. The number of carbonyl (C=O) groups excluding carboxylic acids is 1. The Morgan fingerprint density at radius 1 is 1.12 bits per heavy atom. The summed E-state index contributed by atoms with van der Waals surface area (Å²) >= 11 is 5.88. The van der Waals surface area contributed by atoms with E-state index >= 15 is 0 Å². The third-order valence-corrected chi connectivity index (χ3v) is 5.40. The summed E-state index contributed by atoms with van der Waals surface area (Å²) in [5.41, 5.74) is 7.76. The van der Waals surface area contributed by atoms with Crippen LogP contribution in [0.15, 0.2) is 42.5 Å². The average Bonchev–Trinajstić information content (AvgIpc) is 2.88. The van der Waals surface area contributed by atoms with E-state index in [1.807, 2.05) is 36.4 Å². The Morgan fingerprint density at radius 2 is 1.80 bits per heavy atom. The van der Waals surface area contributed by atoms with Crippen molar-refractivity contribution in [3.63, 3.8) is 0 Å². The normalized spacial score (nSPS) is 23.0. The van der Waals surface area contributed by atoms with Gasteiger partial charge < -0.3 is 10.6 Å². The van der Waals surface area contributed by atoms with Crippen LogP contribution in [-0.2, 0) is 6.54 Å². The number of likely N-dealkylation sites (tertiary alicyclic amines) is 1. The third-order valence-electron chi connectivity index (χ3n) is 5.19. The van der Waals surface area contributed by atoms with Crippen LogP contribution in [0.5, 0.6) is 0 Å². The summed E-state index contributed by atoms with van der Waals surface area (Å²) in [6.45, 7) is 2.49. The third kappa shape index (κ3) is 3.22. The quantitative estimate of drug-likeness (QED) is 0.859. The Kier molecular flexibility index (Phi) is 4.36. The van der Waals surface area contributed by atoms with Crippen molar-refractivity contribution in [2.24, 2.45) is 0 Å². The number of pyridine rings is 1. The molecule has 25 heavy (non-hydrogen) atoms. The van der Waals surface area contributed by atoms with Gasteiger partial charge in [0.1, 0.15) is 11.0 Å². The summed E-state index contributed by atoms with van der Waals surface area (Å²) in [4.78, 5) is 21.5. The van der Waals surface area contributed by atoms with Crippen LogP contribution < -0.4 is 5.73 Å². The molecule has 130 valence electrons. The molecule has 0 aliphatic carbocycles. The van der Waals surface area contributed by atoms with Crippen LogP contribution in [-0.4, -0.2) is 45.9 Å². The number of nitrogens with zero attached hydrogens (tertiary/aromatic N) is 3. The van der Waals surface area contributed by atoms with Crippen LogP contribution in [0.2, 0.25) is 5.15 Å². The molecular formula is C19H21ClN4O. The maximum Gasteiger partial charge on any atom is 0.254 e. The number of halogens is 1. The van der Waals surface area contributed by atoms with E-state index in [1.54, 1.807) is 6.07 Å². The number of nitrogens with two attached hydrogens (primary N) is 1. The van der Waals surface area contributed by atoms with Crippen molar-refractivity contribution in [3.05, 3.63) is 58.7 Å². The Hall–Kier alpha value is -2.11. The molecule has 1 aromatic carbocycles. The van der Waals surface area contributed by atoms with E-state index in [2.05, 4.69) is 14.8 Å². The van der Waals surface area contributed by atoms with Crippen molar-refractivity contribution in [1.29, 1.82) is 0 Å². The number of carbonyl (C=O) groups is 1. The predicted molar refractivity (Wildman–Crippen MR) is 98.4 cm³/mol. The summed E-state index contributed by atoms with van der Waals surface area (Å²) in [6, 6.07) is 13.8. The molecule has 0 spiro atoms. The predicted octanol–water partition coefficient (Wildman–Crippen LogP) is 2.81. The van der Waals surface area contributed by atoms with Gasteiger partial charge in [-0.15, -0.1) is 0 Å². The summed E-state index contributed by atoms with van der Waals surface area (Å²) in [7, 11) is 0. The molecule has 2 saturated heterocycles. The number of anilines is 1. The van der Waals surface area contributed by atoms with Crippen molar-refractivity contribution in [2.45, 2.75) is 31.5 Å². The molecule has 2 aliphatic heterocycles. The van der Waals surface area contributed by atoms with Gasteiger partial charge in [0.25, 0.3) is 5.91 Å². The first-order valence-electron chi connectivity index (χ1n) is 8.63. The molecule has 1 amide bonds. The largest absolute Gasteiger partial charge is 0.383 e. The molecule has 2 unspecified atom stereocenters. The van der Waals surface area contributed by atoms with Crippen LogP contribution >= 0.6 is 11.6 Å². The molecule has 0 radical (unpaired) electrons. The van der Waals surface area contributed by atoms with Gasteiger partial charge in [0.15, 0.2) is 0 Å². The van der Waals surface area contributed by atoms with Gasteiger partial charge in [0.2, 0.25) is 0 Å². The standard InChI is InChI=1S/C19H21ClN4O/c20-17-9-6-14(18(21)22-17)10-23-11-15-7-8-16(12-23)24(15)19(25)13-4-2-1-3-5-13/h1-6,9,15-16H,7-8,10-12H2,(H2,21,22). The van der Waals surface area contributed by atoms with Crippen LogP contribution in [0, 0.1) is 0 Å². The first-order valence-corrected chi connectivity index (χ1v) is 9.00. The molecule has 0 saturated carbocycles. The fourth-order valence-corrected chi connectivity index (χ4v) is 4.19. The lowest BCUT2D eigenvalue weighted by atomic mass is 10.1. The number of hydrogen-bond acceptors (Lipinski definition) is 4. The smallest absolute Gasteiger partial charge is 0.254 e. The van der Waals surface area contributed by atoms with Gasteiger partial charge in [-0.3, -0.25) is 9.69 Å². The maximum atomic E-state index is 12.9. The Bertz CT molecular complexity index is 768. The summed E-state index contributed by atoms with van der Waals surface area (Å²) in [5, 5.41) is 0.416. The van der Waals surface area contributed by atoms with Crippen LogP contribution in [0.4, 0.5) is 5.82 Å². The average molecular weight is 357 g/mol. The number of piperazine rings is 1. The number of rotatable bonds is 3. The highest BCUT2D eigenvalue weighted by Crippen LogP contribution is 2.32. The lowest BCUT2D eigenvalue weighted by Crippen LogP contribution is -2.55. The second kappa shape index (κ2) is 6.65. The topological polar surface area (TPSA) is 62.5 Å². The van der Waals surface area contributed by atoms with E-state index in [0.29, 0.717) is 11.0 Å². The van der Waals surface area contributed by atoms with Gasteiger partial charge in [-0.1, -0.05) is 35.9 Å². The van der Waals surface area contributed by atoms with Crippen molar-refractivity contribution in [3.8, 4) is 0 Å². The molecule has 2 aliphatic rings. The van der Waals surface area contributed by atoms with E-state index in [1.165, 1.54) is 0 Å². The van der Waals surface area contributed by atoms with Crippen molar-refractivity contribution < 1.29 is 4.79 Å². The molecule has 5 nitrogen and oxygen atoms in total. The van der Waals surface area contributed by atoms with Crippen molar-refractivity contribution in [2.75, 3.05) is 18.8 Å². The second-order valence-electron chi connectivity index (χ2n) is 6.84. The number of hydrogen-bond donors (Lipinski definition) is 1. The van der Waals surface area contributed by atoms with Gasteiger partial charge in [-0.2, -0.15) is 0 Å². The monoisotopic (exact) mass is 356 g/mol. The second-order valence-corrected chi connectivity index (χ2v) is 7.22. The minimum absolute atomic E-state index is 0.153. The molecule has 4 rings (SSSR count). The SMILES string of the molecule is Nc1nc(Cl)ccc1CN1CC2CCC(C1)N2C(=O)c1ccccc1. The van der Waals surface area contributed by atoms with E-state index < -0.39 is 0 Å². The zero-order valence-corrected chi connectivity index (χ0v) is 14.7. The number of fused-ring (bicyclic) bond motifs is 2. The summed E-state index contributed by atoms with van der Waals surface area (Å²) < 4.78 is 0. The Balaban J connectivity index is 1.47. The fraction of sp³-hybridized carbons (Fsp3) is 0.368. The number of benzene rings is 1. The van der Waals surface area contributed by atoms with Gasteiger partial charge in [-0.05, 0) is 31.0 Å². The van der Waals surface area contributed by atoms with Gasteiger partial charge >= 0.3 is 0 Å². The highest BCUT2D eigenvalue weighted by Gasteiger charge is 2.42. The van der Waals surface area contributed by atoms with E-state index in [9.17, 15) is 4.79 Å². The molecule has 1 aromatic heterocycles. The highest BCUT2D eigenvalue weighted by molar-refractivity contribution is 6.29. The molecule has 2 atom stereocenters. The number of aromatic nitrogens is 1. The minimum Gasteiger partial charge on any atom is -0.383 e. The van der Waals surface area contributed by atoms with E-state index in [-0.39, 0.29) is 18.0 Å². The summed E-state index contributed by atoms with van der Waals surface area (Å²) in [6.07, 6.45) is 2.13. The van der Waals surface area contributed by atoms with Gasteiger partial charge in [0, 0.05) is 42.8 Å². The van der Waals surface area contributed by atoms with Crippen LogP contribution in [0.1, 0.15) is 28.8 Å². The molecule has 2 fully saturated rings. The van der Waals surface area contributed by atoms with Gasteiger partial charge in [-0.25, -0.2) is 4.98 Å². The van der Waals surface area contributed by atoms with E-state index in [0.717, 1.165) is 43.6 Å². The molecular weight excluding hydrogens is 336 g/mol. The first-order chi connectivity index (χ1) is 12.1. The molecule has 2 N–H and O–H groups in total. The lowest BCUT2D eigenvalue weighted by molar-refractivity contribution is 0.0405. The number of nitrogen functional groups attached to an aromatic ring is 1. The molecule has 2 bridgehead atoms.